The third-order valence-electron chi connectivity index (χ3n) is 5.74. The van der Waals surface area contributed by atoms with E-state index in [1.54, 1.807) is 29.7 Å². The van der Waals surface area contributed by atoms with Crippen molar-refractivity contribution < 1.29 is 14.3 Å². The molecule has 0 saturated heterocycles. The van der Waals surface area contributed by atoms with E-state index in [9.17, 15) is 9.59 Å². The normalized spacial score (nSPS) is 15.3. The Labute approximate surface area is 226 Å². The molecular weight excluding hydrogens is 528 g/mol. The Bertz CT molecular complexity index is 1650. The molecule has 0 saturated carbocycles. The number of esters is 1. The van der Waals surface area contributed by atoms with Crippen molar-refractivity contribution in [2.75, 3.05) is 13.2 Å². The maximum Gasteiger partial charge on any atom is 0.338 e. The van der Waals surface area contributed by atoms with Crippen molar-refractivity contribution in [2.24, 2.45) is 4.99 Å². The summed E-state index contributed by atoms with van der Waals surface area (Å²) in [6.07, 6.45) is 1.78. The molecule has 4 aromatic rings. The van der Waals surface area contributed by atoms with Crippen LogP contribution in [0.25, 0.3) is 11.8 Å². The number of thiazole rings is 1. The van der Waals surface area contributed by atoms with Gasteiger partial charge in [-0.2, -0.15) is 0 Å². The smallest absolute Gasteiger partial charge is 0.338 e. The van der Waals surface area contributed by atoms with Crippen LogP contribution in [-0.2, 0) is 9.53 Å². The molecule has 0 aliphatic carbocycles. The van der Waals surface area contributed by atoms with Gasteiger partial charge in [0.05, 0.1) is 34.0 Å². The highest BCUT2D eigenvalue weighted by Gasteiger charge is 2.35. The van der Waals surface area contributed by atoms with E-state index in [1.165, 1.54) is 22.7 Å². The van der Waals surface area contributed by atoms with Crippen LogP contribution in [0.4, 0.5) is 0 Å². The number of halogens is 1. The Balaban J connectivity index is 1.75. The molecular formula is C28H23ClN2O4S2. The second-order valence-electron chi connectivity index (χ2n) is 8.07. The lowest BCUT2D eigenvalue weighted by atomic mass is 9.97. The average Bonchev–Trinajstić information content (AvgIpc) is 3.54. The summed E-state index contributed by atoms with van der Waals surface area (Å²) < 4.78 is 13.1. The van der Waals surface area contributed by atoms with Gasteiger partial charge in [0.25, 0.3) is 5.56 Å². The van der Waals surface area contributed by atoms with E-state index in [4.69, 9.17) is 26.1 Å². The first kappa shape index (κ1) is 25.2. The van der Waals surface area contributed by atoms with Crippen LogP contribution >= 0.6 is 34.3 Å². The number of ether oxygens (including phenoxy) is 2. The van der Waals surface area contributed by atoms with Gasteiger partial charge >= 0.3 is 5.97 Å². The van der Waals surface area contributed by atoms with Crippen LogP contribution in [0.2, 0.25) is 5.02 Å². The first-order chi connectivity index (χ1) is 18.0. The first-order valence-electron chi connectivity index (χ1n) is 11.8. The summed E-state index contributed by atoms with van der Waals surface area (Å²) in [4.78, 5) is 33.3. The largest absolute Gasteiger partial charge is 0.492 e. The lowest BCUT2D eigenvalue weighted by molar-refractivity contribution is -0.138. The molecule has 1 aliphatic rings. The maximum absolute atomic E-state index is 13.8. The Kier molecular flexibility index (Phi) is 7.41. The number of carbonyl (C=O) groups excluding carboxylic acids is 1. The number of carbonyl (C=O) groups is 1. The van der Waals surface area contributed by atoms with Crippen LogP contribution in [-0.4, -0.2) is 23.8 Å². The van der Waals surface area contributed by atoms with Crippen molar-refractivity contribution in [3.8, 4) is 5.75 Å². The van der Waals surface area contributed by atoms with Crippen molar-refractivity contribution in [1.29, 1.82) is 0 Å². The number of hydrogen-bond acceptors (Lipinski definition) is 7. The zero-order valence-electron chi connectivity index (χ0n) is 20.1. The van der Waals surface area contributed by atoms with Crippen LogP contribution < -0.4 is 19.6 Å². The molecule has 9 heteroatoms. The molecule has 1 aliphatic heterocycles. The zero-order valence-corrected chi connectivity index (χ0v) is 22.5. The molecule has 2 aromatic carbocycles. The summed E-state index contributed by atoms with van der Waals surface area (Å²) in [6.45, 7) is 4.37. The SMILES string of the molecule is CCOC(=O)C1=C(c2ccccc2)N=c2s/c(=C\c3ccc(OCC)c(Cl)c3)c(=O)n2[C@H]1c1cccs1. The number of fused-ring (bicyclic) bond motifs is 1. The Morgan fingerprint density at radius 2 is 1.92 bits per heavy atom. The summed E-state index contributed by atoms with van der Waals surface area (Å²) in [5, 5.41) is 2.40. The minimum atomic E-state index is -0.656. The lowest BCUT2D eigenvalue weighted by Gasteiger charge is -2.24. The van der Waals surface area contributed by atoms with Crippen molar-refractivity contribution in [1.82, 2.24) is 4.57 Å². The molecule has 0 spiro atoms. The molecule has 3 heterocycles. The van der Waals surface area contributed by atoms with E-state index in [-0.39, 0.29) is 12.2 Å². The molecule has 0 radical (unpaired) electrons. The number of nitrogens with zero attached hydrogens (tertiary/aromatic N) is 2. The molecule has 0 amide bonds. The van der Waals surface area contributed by atoms with Gasteiger partial charge in [-0.3, -0.25) is 9.36 Å². The van der Waals surface area contributed by atoms with Crippen LogP contribution in [0.15, 0.2) is 81.4 Å². The topological polar surface area (TPSA) is 69.9 Å². The number of aromatic nitrogens is 1. The highest BCUT2D eigenvalue weighted by atomic mass is 35.5. The summed E-state index contributed by atoms with van der Waals surface area (Å²) in [5.41, 5.74) is 2.16. The minimum Gasteiger partial charge on any atom is -0.492 e. The van der Waals surface area contributed by atoms with Crippen molar-refractivity contribution in [3.05, 3.63) is 112 Å². The lowest BCUT2D eigenvalue weighted by Crippen LogP contribution is -2.39. The molecule has 1 atom stereocenters. The fourth-order valence-corrected chi connectivity index (χ4v) is 6.26. The van der Waals surface area contributed by atoms with E-state index in [2.05, 4.69) is 0 Å². The highest BCUT2D eigenvalue weighted by Crippen LogP contribution is 2.36. The average molecular weight is 551 g/mol. The molecule has 37 heavy (non-hydrogen) atoms. The molecule has 6 nitrogen and oxygen atoms in total. The molecule has 188 valence electrons. The van der Waals surface area contributed by atoms with Crippen LogP contribution in [0.1, 0.15) is 35.9 Å². The predicted octanol–water partition coefficient (Wildman–Crippen LogP) is 5.05. The molecule has 2 aromatic heterocycles. The van der Waals surface area contributed by atoms with Crippen molar-refractivity contribution in [3.63, 3.8) is 0 Å². The Morgan fingerprint density at radius 1 is 1.11 bits per heavy atom. The zero-order chi connectivity index (χ0) is 25.9. The number of benzene rings is 2. The molecule has 0 fully saturated rings. The van der Waals surface area contributed by atoms with E-state index in [0.717, 1.165) is 16.0 Å². The molecule has 0 N–H and O–H groups in total. The van der Waals surface area contributed by atoms with Gasteiger partial charge in [-0.25, -0.2) is 9.79 Å². The second-order valence-corrected chi connectivity index (χ2v) is 10.5. The fraction of sp³-hybridized carbons (Fsp3) is 0.179. The van der Waals surface area contributed by atoms with Crippen LogP contribution in [0.5, 0.6) is 5.75 Å². The van der Waals surface area contributed by atoms with E-state index < -0.39 is 12.0 Å². The van der Waals surface area contributed by atoms with E-state index in [1.807, 2.05) is 60.8 Å². The fourth-order valence-electron chi connectivity index (χ4n) is 4.19. The van der Waals surface area contributed by atoms with Crippen molar-refractivity contribution >= 4 is 52.0 Å². The van der Waals surface area contributed by atoms with Gasteiger partial charge in [-0.05, 0) is 49.1 Å². The van der Waals surface area contributed by atoms with E-state index >= 15 is 0 Å². The van der Waals surface area contributed by atoms with Gasteiger partial charge in [0.1, 0.15) is 11.8 Å². The van der Waals surface area contributed by atoms with Crippen LogP contribution in [0, 0.1) is 0 Å². The van der Waals surface area contributed by atoms with Gasteiger partial charge < -0.3 is 9.47 Å². The van der Waals surface area contributed by atoms with E-state index in [0.29, 0.717) is 38.0 Å². The van der Waals surface area contributed by atoms with Gasteiger partial charge in [-0.1, -0.05) is 65.4 Å². The Hall–Kier alpha value is -3.46. The van der Waals surface area contributed by atoms with Gasteiger partial charge in [0, 0.05) is 10.4 Å². The summed E-state index contributed by atoms with van der Waals surface area (Å²) in [7, 11) is 0. The number of thiophene rings is 1. The molecule has 0 unspecified atom stereocenters. The summed E-state index contributed by atoms with van der Waals surface area (Å²) in [6, 6.07) is 18.1. The monoisotopic (exact) mass is 550 g/mol. The first-order valence-corrected chi connectivity index (χ1v) is 13.8. The van der Waals surface area contributed by atoms with Crippen molar-refractivity contribution in [2.45, 2.75) is 19.9 Å². The van der Waals surface area contributed by atoms with Gasteiger partial charge in [0.15, 0.2) is 4.80 Å². The predicted molar refractivity (Wildman–Crippen MR) is 148 cm³/mol. The minimum absolute atomic E-state index is 0.213. The second kappa shape index (κ2) is 10.9. The number of rotatable bonds is 7. The molecule has 5 rings (SSSR count). The Morgan fingerprint density at radius 3 is 2.59 bits per heavy atom. The molecule has 0 bridgehead atoms. The number of hydrogen-bond donors (Lipinski definition) is 0. The summed E-state index contributed by atoms with van der Waals surface area (Å²) in [5.74, 6) is 0.100. The standard InChI is InChI=1S/C28H23ClN2O4S2/c1-3-34-20-13-12-17(15-19(20)29)16-22-26(32)31-25(21-11-8-14-36-21)23(27(33)35-4-2)24(30-28(31)37-22)18-9-6-5-7-10-18/h5-16,25H,3-4H2,1-2H3/b22-16-/t25-/m0/s1. The maximum atomic E-state index is 13.8. The van der Waals surface area contributed by atoms with Gasteiger partial charge in [-0.15, -0.1) is 11.3 Å². The third-order valence-corrected chi connectivity index (χ3v) is 7.94. The van der Waals surface area contributed by atoms with Gasteiger partial charge in [0.2, 0.25) is 0 Å². The third kappa shape index (κ3) is 4.92. The quantitative estimate of drug-likeness (QED) is 0.302. The highest BCUT2D eigenvalue weighted by molar-refractivity contribution is 7.10. The van der Waals surface area contributed by atoms with Crippen LogP contribution in [0.3, 0.4) is 0 Å². The summed E-state index contributed by atoms with van der Waals surface area (Å²) >= 11 is 9.13.